The lowest BCUT2D eigenvalue weighted by atomic mass is 9.63. The maximum atomic E-state index is 13.5. The molecule has 1 amide bonds. The average Bonchev–Trinajstić information content (AvgIpc) is 3.11. The number of fused-ring (bicyclic) bond motifs is 2. The van der Waals surface area contributed by atoms with Crippen LogP contribution < -0.4 is 5.32 Å². The largest absolute Gasteiger partial charge is 0.443 e. The Bertz CT molecular complexity index is 927. The van der Waals surface area contributed by atoms with Gasteiger partial charge in [0.25, 0.3) is 0 Å². The van der Waals surface area contributed by atoms with Crippen LogP contribution in [0, 0.1) is 23.6 Å². The van der Waals surface area contributed by atoms with Crippen LogP contribution in [0.2, 0.25) is 0 Å². The Morgan fingerprint density at radius 3 is 2.86 bits per heavy atom. The van der Waals surface area contributed by atoms with E-state index < -0.39 is 0 Å². The van der Waals surface area contributed by atoms with Crippen LogP contribution in [-0.4, -0.2) is 23.2 Å². The summed E-state index contributed by atoms with van der Waals surface area (Å²) >= 11 is 0. The second-order valence-electron chi connectivity index (χ2n) is 8.48. The van der Waals surface area contributed by atoms with E-state index in [9.17, 15) is 9.18 Å². The van der Waals surface area contributed by atoms with Gasteiger partial charge in [-0.1, -0.05) is 43.5 Å². The number of hydrogen-bond donors (Lipinski definition) is 1. The molecule has 1 aromatic heterocycles. The third-order valence-electron chi connectivity index (χ3n) is 6.77. The van der Waals surface area contributed by atoms with Gasteiger partial charge < -0.3 is 10.1 Å². The van der Waals surface area contributed by atoms with Gasteiger partial charge in [-0.2, -0.15) is 0 Å². The lowest BCUT2D eigenvalue weighted by molar-refractivity contribution is 0.0127. The molecule has 150 valence electrons. The highest BCUT2D eigenvalue weighted by atomic mass is 19.1. The Morgan fingerprint density at radius 1 is 1.14 bits per heavy atom. The van der Waals surface area contributed by atoms with E-state index in [1.807, 2.05) is 24.3 Å². The van der Waals surface area contributed by atoms with Crippen LogP contribution in [0.15, 0.2) is 48.7 Å². The average molecular weight is 392 g/mol. The number of alkyl carbamates (subject to hydrolysis) is 1. The van der Waals surface area contributed by atoms with Crippen LogP contribution in [0.3, 0.4) is 0 Å². The predicted octanol–water partition coefficient (Wildman–Crippen LogP) is 5.20. The van der Waals surface area contributed by atoms with Crippen LogP contribution in [0.5, 0.6) is 0 Å². The summed E-state index contributed by atoms with van der Waals surface area (Å²) in [5.41, 5.74) is 2.56. The van der Waals surface area contributed by atoms with Gasteiger partial charge in [0.1, 0.15) is 11.9 Å². The highest BCUT2D eigenvalue weighted by molar-refractivity contribution is 5.70. The number of ether oxygens (including phenoxy) is 1. The fourth-order valence-corrected chi connectivity index (χ4v) is 5.42. The topological polar surface area (TPSA) is 51.2 Å². The molecule has 2 aromatic rings. The molecule has 5 atom stereocenters. The third kappa shape index (κ3) is 3.66. The standard InChI is InChI=1S/C24H25FN2O2/c25-18-6-3-5-15(12-18)17-8-9-19(26-14-17)10-11-21-20-7-2-1-4-16(20)13-22-23(21)29-24(28)27-22/h3,5-6,8-12,14,16,20-23H,1-2,4,7,13H2,(H,27,28)/b11-10+. The van der Waals surface area contributed by atoms with Gasteiger partial charge >= 0.3 is 6.09 Å². The van der Waals surface area contributed by atoms with Crippen LogP contribution >= 0.6 is 0 Å². The molecule has 3 fully saturated rings. The van der Waals surface area contributed by atoms with Crippen molar-refractivity contribution in [1.29, 1.82) is 0 Å². The minimum absolute atomic E-state index is 0.0790. The molecule has 5 unspecified atom stereocenters. The number of amides is 1. The summed E-state index contributed by atoms with van der Waals surface area (Å²) in [7, 11) is 0. The first kappa shape index (κ1) is 18.3. The molecular formula is C24H25FN2O2. The zero-order valence-electron chi connectivity index (χ0n) is 16.3. The van der Waals surface area contributed by atoms with Gasteiger partial charge in [-0.15, -0.1) is 0 Å². The molecule has 5 rings (SSSR count). The quantitative estimate of drug-likeness (QED) is 0.781. The summed E-state index contributed by atoms with van der Waals surface area (Å²) < 4.78 is 19.1. The first-order valence-corrected chi connectivity index (χ1v) is 10.5. The molecule has 2 heterocycles. The van der Waals surface area contributed by atoms with E-state index in [0.717, 1.165) is 23.2 Å². The molecule has 1 aliphatic heterocycles. The summed E-state index contributed by atoms with van der Waals surface area (Å²) in [6.45, 7) is 0. The van der Waals surface area contributed by atoms with Crippen LogP contribution in [0.1, 0.15) is 37.8 Å². The maximum Gasteiger partial charge on any atom is 0.407 e. The van der Waals surface area contributed by atoms with E-state index in [1.165, 1.54) is 37.8 Å². The fraction of sp³-hybridized carbons (Fsp3) is 0.417. The Morgan fingerprint density at radius 2 is 2.03 bits per heavy atom. The monoisotopic (exact) mass is 392 g/mol. The number of nitrogens with one attached hydrogen (secondary N) is 1. The third-order valence-corrected chi connectivity index (χ3v) is 6.77. The molecule has 3 aliphatic rings. The smallest absolute Gasteiger partial charge is 0.407 e. The number of hydrogen-bond acceptors (Lipinski definition) is 3. The van der Waals surface area contributed by atoms with Gasteiger partial charge in [0.2, 0.25) is 0 Å². The van der Waals surface area contributed by atoms with Gasteiger partial charge in [0.05, 0.1) is 11.7 Å². The Balaban J connectivity index is 1.37. The minimum atomic E-state index is -0.283. The second-order valence-corrected chi connectivity index (χ2v) is 8.48. The zero-order chi connectivity index (χ0) is 19.8. The van der Waals surface area contributed by atoms with Crippen molar-refractivity contribution in [2.24, 2.45) is 17.8 Å². The van der Waals surface area contributed by atoms with Crippen LogP contribution in [0.25, 0.3) is 17.2 Å². The Labute approximate surface area is 170 Å². The van der Waals surface area contributed by atoms with Crippen molar-refractivity contribution >= 4 is 12.2 Å². The summed E-state index contributed by atoms with van der Waals surface area (Å²) in [5, 5.41) is 3.01. The summed E-state index contributed by atoms with van der Waals surface area (Å²) in [4.78, 5) is 16.4. The number of carbonyl (C=O) groups is 1. The van der Waals surface area contributed by atoms with Crippen molar-refractivity contribution in [3.63, 3.8) is 0 Å². The molecule has 0 radical (unpaired) electrons. The lowest BCUT2D eigenvalue weighted by Gasteiger charge is -2.44. The number of rotatable bonds is 3. The SMILES string of the molecule is O=C1NC2CC3CCCCC3C(/C=C/c3ccc(-c4cccc(F)c4)cn3)C2O1. The number of nitrogens with zero attached hydrogens (tertiary/aromatic N) is 1. The summed E-state index contributed by atoms with van der Waals surface area (Å²) in [6, 6.07) is 10.6. The highest BCUT2D eigenvalue weighted by Crippen LogP contribution is 2.46. The fourth-order valence-electron chi connectivity index (χ4n) is 5.42. The first-order chi connectivity index (χ1) is 14.2. The van der Waals surface area contributed by atoms with E-state index in [4.69, 9.17) is 4.74 Å². The Kier molecular flexibility index (Phi) is 4.82. The minimum Gasteiger partial charge on any atom is -0.443 e. The van der Waals surface area contributed by atoms with Crippen molar-refractivity contribution < 1.29 is 13.9 Å². The van der Waals surface area contributed by atoms with Crippen LogP contribution in [-0.2, 0) is 4.74 Å². The zero-order valence-corrected chi connectivity index (χ0v) is 16.3. The Hall–Kier alpha value is -2.69. The maximum absolute atomic E-state index is 13.5. The number of carbonyl (C=O) groups excluding carboxylic acids is 1. The summed E-state index contributed by atoms with van der Waals surface area (Å²) in [6.07, 6.45) is 11.7. The molecule has 2 aliphatic carbocycles. The molecular weight excluding hydrogens is 367 g/mol. The van der Waals surface area contributed by atoms with E-state index in [0.29, 0.717) is 11.8 Å². The molecule has 1 N–H and O–H groups in total. The number of benzene rings is 1. The number of pyridine rings is 1. The molecule has 5 heteroatoms. The molecule has 29 heavy (non-hydrogen) atoms. The van der Waals surface area contributed by atoms with Crippen LogP contribution in [0.4, 0.5) is 9.18 Å². The van der Waals surface area contributed by atoms with Gasteiger partial charge in [-0.3, -0.25) is 4.98 Å². The van der Waals surface area contributed by atoms with E-state index in [-0.39, 0.29) is 30.0 Å². The normalized spacial score (nSPS) is 31.1. The molecule has 0 spiro atoms. The molecule has 2 saturated carbocycles. The highest BCUT2D eigenvalue weighted by Gasteiger charge is 2.49. The molecule has 0 bridgehead atoms. The van der Waals surface area contributed by atoms with Gasteiger partial charge in [0, 0.05) is 17.7 Å². The predicted molar refractivity (Wildman–Crippen MR) is 109 cm³/mol. The van der Waals surface area contributed by atoms with Gasteiger partial charge in [-0.05, 0) is 54.5 Å². The van der Waals surface area contributed by atoms with Crippen molar-refractivity contribution in [3.05, 3.63) is 60.2 Å². The molecule has 4 nitrogen and oxygen atoms in total. The number of aromatic nitrogens is 1. The van der Waals surface area contributed by atoms with Gasteiger partial charge in [-0.25, -0.2) is 9.18 Å². The first-order valence-electron chi connectivity index (χ1n) is 10.5. The van der Waals surface area contributed by atoms with E-state index in [1.54, 1.807) is 12.3 Å². The van der Waals surface area contributed by atoms with Crippen molar-refractivity contribution in [1.82, 2.24) is 10.3 Å². The van der Waals surface area contributed by atoms with Crippen molar-refractivity contribution in [3.8, 4) is 11.1 Å². The molecule has 1 saturated heterocycles. The lowest BCUT2D eigenvalue weighted by Crippen LogP contribution is -2.48. The second kappa shape index (κ2) is 7.62. The van der Waals surface area contributed by atoms with Crippen molar-refractivity contribution in [2.75, 3.05) is 0 Å². The molecule has 1 aromatic carbocycles. The van der Waals surface area contributed by atoms with Gasteiger partial charge in [0.15, 0.2) is 0 Å². The van der Waals surface area contributed by atoms with Crippen molar-refractivity contribution in [2.45, 2.75) is 44.2 Å². The van der Waals surface area contributed by atoms with E-state index in [2.05, 4.69) is 16.4 Å². The number of halogens is 1. The summed E-state index contributed by atoms with van der Waals surface area (Å²) in [5.74, 6) is 1.20. The van der Waals surface area contributed by atoms with E-state index >= 15 is 0 Å².